The van der Waals surface area contributed by atoms with Crippen molar-refractivity contribution in [1.82, 2.24) is 14.6 Å². The van der Waals surface area contributed by atoms with Gasteiger partial charge in [0.1, 0.15) is 11.9 Å². The molecule has 0 aliphatic heterocycles. The number of carboxylic acid groups (broad SMARTS) is 1. The summed E-state index contributed by atoms with van der Waals surface area (Å²) < 4.78 is 1.56. The summed E-state index contributed by atoms with van der Waals surface area (Å²) in [5.41, 5.74) is 0.528. The molecule has 2 rings (SSSR count). The molecule has 2 aromatic heterocycles. The van der Waals surface area contributed by atoms with E-state index in [-0.39, 0.29) is 5.56 Å². The van der Waals surface area contributed by atoms with Crippen LogP contribution in [0.15, 0.2) is 24.7 Å². The zero-order chi connectivity index (χ0) is 8.55. The Morgan fingerprint density at radius 1 is 1.58 bits per heavy atom. The molecule has 2 aromatic rings. The number of carboxylic acids is 1. The fourth-order valence-corrected chi connectivity index (χ4v) is 1.02. The fourth-order valence-electron chi connectivity index (χ4n) is 1.02. The number of nitrogens with zero attached hydrogens (tertiary/aromatic N) is 3. The summed E-state index contributed by atoms with van der Waals surface area (Å²) in [5.74, 6) is -0.992. The zero-order valence-corrected chi connectivity index (χ0v) is 6.01. The van der Waals surface area contributed by atoms with Gasteiger partial charge in [-0.1, -0.05) is 0 Å². The minimum Gasteiger partial charge on any atom is -0.478 e. The molecule has 12 heavy (non-hydrogen) atoms. The van der Waals surface area contributed by atoms with Gasteiger partial charge in [0, 0.05) is 6.20 Å². The molecule has 0 atom stereocenters. The number of aromatic nitrogens is 3. The highest BCUT2D eigenvalue weighted by Gasteiger charge is 2.08. The second kappa shape index (κ2) is 2.30. The highest BCUT2D eigenvalue weighted by atomic mass is 16.4. The number of fused-ring (bicyclic) bond motifs is 1. The summed E-state index contributed by atoms with van der Waals surface area (Å²) >= 11 is 0. The fraction of sp³-hybridized carbons (Fsp3) is 0. The molecule has 0 saturated carbocycles. The largest absolute Gasteiger partial charge is 0.478 e. The number of aromatic carboxylic acids is 1. The van der Waals surface area contributed by atoms with E-state index in [1.807, 2.05) is 0 Å². The lowest BCUT2D eigenvalue weighted by Gasteiger charge is -1.94. The molecule has 2 heterocycles. The summed E-state index contributed by atoms with van der Waals surface area (Å²) in [6.45, 7) is 0. The summed E-state index contributed by atoms with van der Waals surface area (Å²) in [5, 5.41) is 16.0. The molecule has 0 radical (unpaired) electrons. The van der Waals surface area contributed by atoms with Crippen molar-refractivity contribution in [2.24, 2.45) is 0 Å². The van der Waals surface area contributed by atoms with Crippen LogP contribution in [0.3, 0.4) is 0 Å². The summed E-state index contributed by atoms with van der Waals surface area (Å²) in [6, 6.07) is 3.13. The molecular formula is C7H5N3O2. The maximum atomic E-state index is 10.6. The number of carbonyl (C=O) groups is 1. The minimum absolute atomic E-state index is 0.162. The molecule has 0 amide bonds. The van der Waals surface area contributed by atoms with Crippen molar-refractivity contribution in [2.75, 3.05) is 0 Å². The lowest BCUT2D eigenvalue weighted by atomic mass is 10.3. The summed E-state index contributed by atoms with van der Waals surface area (Å²) in [6.07, 6.45) is 3.16. The molecule has 0 unspecified atom stereocenters. The van der Waals surface area contributed by atoms with Gasteiger partial charge in [0.25, 0.3) is 0 Å². The van der Waals surface area contributed by atoms with Gasteiger partial charge in [-0.15, -0.1) is 10.2 Å². The van der Waals surface area contributed by atoms with E-state index in [2.05, 4.69) is 10.2 Å². The van der Waals surface area contributed by atoms with Crippen molar-refractivity contribution in [1.29, 1.82) is 0 Å². The predicted molar refractivity (Wildman–Crippen MR) is 39.9 cm³/mol. The topological polar surface area (TPSA) is 67.5 Å². The average molecular weight is 163 g/mol. The SMILES string of the molecule is O=C(O)c1cccn2cnnc12. The van der Waals surface area contributed by atoms with Crippen LogP contribution in [-0.4, -0.2) is 25.7 Å². The van der Waals surface area contributed by atoms with Gasteiger partial charge >= 0.3 is 5.97 Å². The van der Waals surface area contributed by atoms with Crippen LogP contribution in [0.4, 0.5) is 0 Å². The Bertz CT molecular complexity index is 435. The van der Waals surface area contributed by atoms with Crippen LogP contribution in [0, 0.1) is 0 Å². The van der Waals surface area contributed by atoms with Gasteiger partial charge in [-0.25, -0.2) is 4.79 Å². The number of rotatable bonds is 1. The quantitative estimate of drug-likeness (QED) is 0.661. The van der Waals surface area contributed by atoms with Crippen LogP contribution < -0.4 is 0 Å². The first-order chi connectivity index (χ1) is 5.79. The van der Waals surface area contributed by atoms with Gasteiger partial charge in [-0.3, -0.25) is 4.40 Å². The Balaban J connectivity index is 2.82. The molecule has 0 aliphatic carbocycles. The smallest absolute Gasteiger partial charge is 0.339 e. The maximum Gasteiger partial charge on any atom is 0.339 e. The van der Waals surface area contributed by atoms with E-state index in [9.17, 15) is 4.79 Å². The van der Waals surface area contributed by atoms with Crippen molar-refractivity contribution in [2.45, 2.75) is 0 Å². The van der Waals surface area contributed by atoms with Crippen LogP contribution in [0.5, 0.6) is 0 Å². The monoisotopic (exact) mass is 163 g/mol. The Morgan fingerprint density at radius 3 is 3.17 bits per heavy atom. The van der Waals surface area contributed by atoms with Crippen molar-refractivity contribution < 1.29 is 9.90 Å². The van der Waals surface area contributed by atoms with Crippen molar-refractivity contribution in [3.8, 4) is 0 Å². The molecule has 0 saturated heterocycles. The normalized spacial score (nSPS) is 10.3. The molecule has 5 nitrogen and oxygen atoms in total. The Hall–Kier alpha value is -1.91. The van der Waals surface area contributed by atoms with Crippen molar-refractivity contribution >= 4 is 11.6 Å². The van der Waals surface area contributed by atoms with Crippen LogP contribution in [0.1, 0.15) is 10.4 Å². The molecule has 5 heteroatoms. The van der Waals surface area contributed by atoms with Crippen LogP contribution in [0.25, 0.3) is 5.65 Å². The predicted octanol–water partition coefficient (Wildman–Crippen LogP) is 0.427. The van der Waals surface area contributed by atoms with E-state index in [4.69, 9.17) is 5.11 Å². The highest BCUT2D eigenvalue weighted by molar-refractivity contribution is 5.94. The summed E-state index contributed by atoms with van der Waals surface area (Å²) in [7, 11) is 0. The lowest BCUT2D eigenvalue weighted by Crippen LogP contribution is -1.99. The number of hydrogen-bond acceptors (Lipinski definition) is 3. The van der Waals surface area contributed by atoms with E-state index in [1.165, 1.54) is 12.4 Å². The zero-order valence-electron chi connectivity index (χ0n) is 6.01. The third-order valence-electron chi connectivity index (χ3n) is 1.55. The Morgan fingerprint density at radius 2 is 2.42 bits per heavy atom. The number of pyridine rings is 1. The lowest BCUT2D eigenvalue weighted by molar-refractivity contribution is 0.0698. The van der Waals surface area contributed by atoms with Crippen LogP contribution >= 0.6 is 0 Å². The van der Waals surface area contributed by atoms with Crippen molar-refractivity contribution in [3.05, 3.63) is 30.2 Å². The van der Waals surface area contributed by atoms with E-state index in [0.717, 1.165) is 0 Å². The molecule has 0 bridgehead atoms. The molecule has 0 aliphatic rings. The first-order valence-electron chi connectivity index (χ1n) is 3.30. The van der Waals surface area contributed by atoms with E-state index in [0.29, 0.717) is 5.65 Å². The van der Waals surface area contributed by atoms with Gasteiger partial charge in [0.15, 0.2) is 5.65 Å². The van der Waals surface area contributed by atoms with Gasteiger partial charge < -0.3 is 5.11 Å². The number of hydrogen-bond donors (Lipinski definition) is 1. The van der Waals surface area contributed by atoms with E-state index >= 15 is 0 Å². The molecule has 0 aromatic carbocycles. The highest BCUT2D eigenvalue weighted by Crippen LogP contribution is 2.06. The Kier molecular flexibility index (Phi) is 1.30. The molecular weight excluding hydrogens is 158 g/mol. The first kappa shape index (κ1) is 6.78. The molecule has 60 valence electrons. The maximum absolute atomic E-state index is 10.6. The second-order valence-corrected chi connectivity index (χ2v) is 2.29. The first-order valence-corrected chi connectivity index (χ1v) is 3.30. The standard InChI is InChI=1S/C7H5N3O2/c11-7(12)5-2-1-3-10-4-8-9-6(5)10/h1-4H,(H,11,12). The minimum atomic E-state index is -0.992. The third-order valence-corrected chi connectivity index (χ3v) is 1.55. The van der Waals surface area contributed by atoms with Crippen LogP contribution in [0.2, 0.25) is 0 Å². The second-order valence-electron chi connectivity index (χ2n) is 2.29. The van der Waals surface area contributed by atoms with Gasteiger partial charge in [0.2, 0.25) is 0 Å². The average Bonchev–Trinajstić information content (AvgIpc) is 2.49. The molecule has 0 fully saturated rings. The van der Waals surface area contributed by atoms with Gasteiger partial charge in [-0.05, 0) is 12.1 Å². The molecule has 1 N–H and O–H groups in total. The van der Waals surface area contributed by atoms with Crippen LogP contribution in [-0.2, 0) is 0 Å². The Labute approximate surface area is 67.3 Å². The van der Waals surface area contributed by atoms with E-state index in [1.54, 1.807) is 16.7 Å². The van der Waals surface area contributed by atoms with E-state index < -0.39 is 5.97 Å². The van der Waals surface area contributed by atoms with Gasteiger partial charge in [0.05, 0.1) is 0 Å². The van der Waals surface area contributed by atoms with Gasteiger partial charge in [-0.2, -0.15) is 0 Å². The van der Waals surface area contributed by atoms with Crippen molar-refractivity contribution in [3.63, 3.8) is 0 Å². The third kappa shape index (κ3) is 0.833. The summed E-state index contributed by atoms with van der Waals surface area (Å²) in [4.78, 5) is 10.6. The molecule has 0 spiro atoms.